The summed E-state index contributed by atoms with van der Waals surface area (Å²) in [5.41, 5.74) is -1.33. The van der Waals surface area contributed by atoms with Crippen molar-refractivity contribution >= 4 is 11.8 Å². The van der Waals surface area contributed by atoms with E-state index in [4.69, 9.17) is 4.74 Å². The Hall–Kier alpha value is -0.860. The second kappa shape index (κ2) is 4.19. The molecule has 0 heterocycles. The molecule has 1 rings (SSSR count). The summed E-state index contributed by atoms with van der Waals surface area (Å²) in [7, 11) is 0. The topological polar surface area (TPSA) is 43.4 Å². The van der Waals surface area contributed by atoms with E-state index in [1.54, 1.807) is 6.92 Å². The van der Waals surface area contributed by atoms with Crippen LogP contribution in [0.3, 0.4) is 0 Å². The summed E-state index contributed by atoms with van der Waals surface area (Å²) in [5.74, 6) is 0.139. The first kappa shape index (κ1) is 13.2. The van der Waals surface area contributed by atoms with Gasteiger partial charge in [-0.05, 0) is 25.7 Å². The lowest BCUT2D eigenvalue weighted by atomic mass is 9.56. The highest BCUT2D eigenvalue weighted by atomic mass is 16.5. The van der Waals surface area contributed by atoms with Crippen molar-refractivity contribution in [2.75, 3.05) is 6.61 Å². The molecule has 0 radical (unpaired) electrons. The normalized spacial score (nSPS) is 29.4. The Morgan fingerprint density at radius 2 is 1.81 bits per heavy atom. The van der Waals surface area contributed by atoms with Gasteiger partial charge in [-0.25, -0.2) is 0 Å². The van der Waals surface area contributed by atoms with Crippen LogP contribution in [0.1, 0.15) is 47.5 Å². The summed E-state index contributed by atoms with van der Waals surface area (Å²) in [6, 6.07) is 0. The lowest BCUT2D eigenvalue weighted by molar-refractivity contribution is -0.173. The lowest BCUT2D eigenvalue weighted by Crippen LogP contribution is -2.53. The predicted molar refractivity (Wildman–Crippen MR) is 61.9 cm³/mol. The monoisotopic (exact) mass is 226 g/mol. The van der Waals surface area contributed by atoms with Gasteiger partial charge < -0.3 is 4.74 Å². The Kier molecular flexibility index (Phi) is 3.46. The molecule has 0 spiro atoms. The molecule has 1 aliphatic carbocycles. The molecular formula is C13H22O3. The number of carbonyl (C=O) groups is 2. The Labute approximate surface area is 97.5 Å². The van der Waals surface area contributed by atoms with Crippen LogP contribution in [0.4, 0.5) is 0 Å². The van der Waals surface area contributed by atoms with E-state index >= 15 is 0 Å². The molecule has 1 fully saturated rings. The molecule has 0 aromatic rings. The highest BCUT2D eigenvalue weighted by Gasteiger charge is 2.57. The van der Waals surface area contributed by atoms with Crippen molar-refractivity contribution in [3.8, 4) is 0 Å². The number of hydrogen-bond donors (Lipinski definition) is 0. The molecule has 0 atom stereocenters. The average Bonchev–Trinajstić information content (AvgIpc) is 2.10. The van der Waals surface area contributed by atoms with Crippen LogP contribution in [0.15, 0.2) is 0 Å². The van der Waals surface area contributed by atoms with Gasteiger partial charge >= 0.3 is 5.97 Å². The number of rotatable bonds is 3. The number of ether oxygens (including phenoxy) is 1. The second-order valence-corrected chi connectivity index (χ2v) is 5.90. The third kappa shape index (κ3) is 2.13. The van der Waals surface area contributed by atoms with E-state index in [0.717, 1.165) is 0 Å². The number of hydrogen-bond acceptors (Lipinski definition) is 3. The zero-order valence-electron chi connectivity index (χ0n) is 10.9. The summed E-state index contributed by atoms with van der Waals surface area (Å²) in [4.78, 5) is 24.3. The van der Waals surface area contributed by atoms with E-state index in [-0.39, 0.29) is 11.8 Å². The Balaban J connectivity index is 2.91. The standard InChI is InChI=1S/C13H22O3/c1-6-16-11(15)13(7-9(2)8-13)10(14)12(3,4)5/h9H,6-8H2,1-5H3. The zero-order chi connectivity index (χ0) is 12.6. The largest absolute Gasteiger partial charge is 0.465 e. The summed E-state index contributed by atoms with van der Waals surface area (Å²) in [6.45, 7) is 9.76. The maximum Gasteiger partial charge on any atom is 0.319 e. The molecular weight excluding hydrogens is 204 g/mol. The van der Waals surface area contributed by atoms with Gasteiger partial charge in [-0.1, -0.05) is 27.7 Å². The summed E-state index contributed by atoms with van der Waals surface area (Å²) in [6.07, 6.45) is 1.28. The van der Waals surface area contributed by atoms with Gasteiger partial charge in [-0.15, -0.1) is 0 Å². The molecule has 0 aromatic carbocycles. The van der Waals surface area contributed by atoms with Crippen molar-refractivity contribution < 1.29 is 14.3 Å². The quantitative estimate of drug-likeness (QED) is 0.548. The predicted octanol–water partition coefficient (Wildman–Crippen LogP) is 2.58. The van der Waals surface area contributed by atoms with Crippen LogP contribution in [-0.2, 0) is 14.3 Å². The number of carbonyl (C=O) groups excluding carboxylic acids is 2. The SMILES string of the molecule is CCOC(=O)C1(C(=O)C(C)(C)C)CC(C)C1. The number of ketones is 1. The maximum absolute atomic E-state index is 12.3. The third-order valence-corrected chi connectivity index (χ3v) is 3.18. The van der Waals surface area contributed by atoms with E-state index in [0.29, 0.717) is 25.4 Å². The number of Topliss-reactive ketones (excluding diaryl/α,β-unsaturated/α-hetero) is 1. The fourth-order valence-electron chi connectivity index (χ4n) is 2.56. The van der Waals surface area contributed by atoms with Crippen molar-refractivity contribution in [3.63, 3.8) is 0 Å². The fourth-order valence-corrected chi connectivity index (χ4v) is 2.56. The van der Waals surface area contributed by atoms with Gasteiger partial charge in [0.2, 0.25) is 0 Å². The van der Waals surface area contributed by atoms with E-state index in [1.807, 2.05) is 20.8 Å². The highest BCUT2D eigenvalue weighted by Crippen LogP contribution is 2.50. The molecule has 16 heavy (non-hydrogen) atoms. The molecule has 0 unspecified atom stereocenters. The van der Waals surface area contributed by atoms with E-state index in [9.17, 15) is 9.59 Å². The van der Waals surface area contributed by atoms with Crippen molar-refractivity contribution in [2.24, 2.45) is 16.7 Å². The Morgan fingerprint density at radius 1 is 1.31 bits per heavy atom. The molecule has 0 bridgehead atoms. The van der Waals surface area contributed by atoms with Gasteiger partial charge in [-0.3, -0.25) is 9.59 Å². The van der Waals surface area contributed by atoms with E-state index < -0.39 is 10.8 Å². The lowest BCUT2D eigenvalue weighted by Gasteiger charge is -2.45. The van der Waals surface area contributed by atoms with E-state index in [2.05, 4.69) is 6.92 Å². The summed E-state index contributed by atoms with van der Waals surface area (Å²) in [5, 5.41) is 0. The molecule has 1 aliphatic rings. The van der Waals surface area contributed by atoms with E-state index in [1.165, 1.54) is 0 Å². The zero-order valence-corrected chi connectivity index (χ0v) is 10.9. The van der Waals surface area contributed by atoms with Crippen molar-refractivity contribution in [2.45, 2.75) is 47.5 Å². The van der Waals surface area contributed by atoms with Crippen LogP contribution in [0, 0.1) is 16.7 Å². The van der Waals surface area contributed by atoms with Crippen molar-refractivity contribution in [1.29, 1.82) is 0 Å². The first-order chi connectivity index (χ1) is 7.24. The fraction of sp³-hybridized carbons (Fsp3) is 0.846. The molecule has 0 N–H and O–H groups in total. The smallest absolute Gasteiger partial charge is 0.319 e. The second-order valence-electron chi connectivity index (χ2n) is 5.90. The minimum atomic E-state index is -0.853. The Bertz CT molecular complexity index is 293. The molecule has 92 valence electrons. The van der Waals surface area contributed by atoms with Gasteiger partial charge in [0.15, 0.2) is 5.78 Å². The molecule has 3 nitrogen and oxygen atoms in total. The van der Waals surface area contributed by atoms with Crippen LogP contribution in [0.2, 0.25) is 0 Å². The van der Waals surface area contributed by atoms with Crippen molar-refractivity contribution in [1.82, 2.24) is 0 Å². The number of esters is 1. The maximum atomic E-state index is 12.3. The highest BCUT2D eigenvalue weighted by molar-refractivity contribution is 6.07. The van der Waals surface area contributed by atoms with Crippen LogP contribution >= 0.6 is 0 Å². The van der Waals surface area contributed by atoms with Crippen molar-refractivity contribution in [3.05, 3.63) is 0 Å². The van der Waals surface area contributed by atoms with Crippen LogP contribution in [0.25, 0.3) is 0 Å². The van der Waals surface area contributed by atoms with Gasteiger partial charge in [0, 0.05) is 5.41 Å². The average molecular weight is 226 g/mol. The summed E-state index contributed by atoms with van der Waals surface area (Å²) < 4.78 is 5.05. The molecule has 0 aromatic heterocycles. The van der Waals surface area contributed by atoms with Gasteiger partial charge in [0.05, 0.1) is 6.61 Å². The first-order valence-electron chi connectivity index (χ1n) is 5.96. The van der Waals surface area contributed by atoms with Crippen LogP contribution in [0.5, 0.6) is 0 Å². The molecule has 1 saturated carbocycles. The van der Waals surface area contributed by atoms with Gasteiger partial charge in [0.1, 0.15) is 5.41 Å². The first-order valence-corrected chi connectivity index (χ1v) is 5.96. The minimum Gasteiger partial charge on any atom is -0.465 e. The molecule has 0 saturated heterocycles. The summed E-state index contributed by atoms with van der Waals surface area (Å²) >= 11 is 0. The minimum absolute atomic E-state index is 0.0246. The molecule has 0 aliphatic heterocycles. The van der Waals surface area contributed by atoms with Crippen LogP contribution in [-0.4, -0.2) is 18.4 Å². The van der Waals surface area contributed by atoms with Gasteiger partial charge in [-0.2, -0.15) is 0 Å². The molecule has 3 heteroatoms. The van der Waals surface area contributed by atoms with Gasteiger partial charge in [0.25, 0.3) is 0 Å². The molecule has 0 amide bonds. The Morgan fingerprint density at radius 3 is 2.12 bits per heavy atom. The van der Waals surface area contributed by atoms with Crippen LogP contribution < -0.4 is 0 Å². The third-order valence-electron chi connectivity index (χ3n) is 3.18.